The summed E-state index contributed by atoms with van der Waals surface area (Å²) < 4.78 is 34.5. The van der Waals surface area contributed by atoms with Gasteiger partial charge in [0.15, 0.2) is 5.58 Å². The van der Waals surface area contributed by atoms with Crippen LogP contribution in [0.1, 0.15) is 33.3 Å². The van der Waals surface area contributed by atoms with Crippen molar-refractivity contribution in [3.63, 3.8) is 0 Å². The van der Waals surface area contributed by atoms with Crippen molar-refractivity contribution >= 4 is 26.8 Å². The molecule has 0 aliphatic heterocycles. The second-order valence-electron chi connectivity index (χ2n) is 7.17. The molecule has 6 nitrogen and oxygen atoms in total. The Balaban J connectivity index is 1.93. The number of hydrogen-bond donors (Lipinski definition) is 1. The molecule has 0 atom stereocenters. The van der Waals surface area contributed by atoms with Gasteiger partial charge in [0.05, 0.1) is 10.4 Å². The van der Waals surface area contributed by atoms with Crippen molar-refractivity contribution in [1.29, 1.82) is 0 Å². The lowest BCUT2D eigenvalue weighted by molar-refractivity contribution is 0.512. The highest BCUT2D eigenvalue weighted by Gasteiger charge is 2.18. The van der Waals surface area contributed by atoms with E-state index in [-0.39, 0.29) is 15.9 Å². The number of benzene rings is 2. The second kappa shape index (κ2) is 6.32. The van der Waals surface area contributed by atoms with Gasteiger partial charge in [0.1, 0.15) is 0 Å². The van der Waals surface area contributed by atoms with Gasteiger partial charge in [-0.3, -0.25) is 9.29 Å². The number of nitrogens with one attached hydrogen (secondary N) is 1. The van der Waals surface area contributed by atoms with Gasteiger partial charge in [0.25, 0.3) is 10.0 Å². The molecular formula is C19H22N2O4S. The second-order valence-corrected chi connectivity index (χ2v) is 8.86. The van der Waals surface area contributed by atoms with E-state index >= 15 is 0 Å². The quantitative estimate of drug-likeness (QED) is 0.755. The Morgan fingerprint density at radius 2 is 1.73 bits per heavy atom. The van der Waals surface area contributed by atoms with Gasteiger partial charge in [-0.05, 0) is 42.2 Å². The van der Waals surface area contributed by atoms with Crippen molar-refractivity contribution < 1.29 is 12.8 Å². The van der Waals surface area contributed by atoms with E-state index in [9.17, 15) is 13.2 Å². The monoisotopic (exact) mass is 374 g/mol. The van der Waals surface area contributed by atoms with Crippen LogP contribution >= 0.6 is 0 Å². The predicted octanol–water partition coefficient (Wildman–Crippen LogP) is 3.71. The van der Waals surface area contributed by atoms with Gasteiger partial charge in [0, 0.05) is 18.3 Å². The largest absolute Gasteiger partial charge is 0.419 e. The lowest BCUT2D eigenvalue weighted by Gasteiger charge is -2.19. The summed E-state index contributed by atoms with van der Waals surface area (Å²) >= 11 is 0. The minimum absolute atomic E-state index is 0.00752. The first-order valence-corrected chi connectivity index (χ1v) is 9.87. The summed E-state index contributed by atoms with van der Waals surface area (Å²) in [5.41, 5.74) is 2.41. The van der Waals surface area contributed by atoms with Crippen LogP contribution in [0.3, 0.4) is 0 Å². The van der Waals surface area contributed by atoms with E-state index in [1.165, 1.54) is 16.7 Å². The zero-order valence-electron chi connectivity index (χ0n) is 15.2. The van der Waals surface area contributed by atoms with Gasteiger partial charge < -0.3 is 4.42 Å². The highest BCUT2D eigenvalue weighted by molar-refractivity contribution is 7.92. The Hall–Kier alpha value is -2.54. The fraction of sp³-hybridized carbons (Fsp3) is 0.316. The number of rotatable bonds is 4. The Morgan fingerprint density at radius 1 is 1.08 bits per heavy atom. The average molecular weight is 374 g/mol. The number of nitrogens with zero attached hydrogens (tertiary/aromatic N) is 1. The molecule has 0 aliphatic rings. The third-order valence-corrected chi connectivity index (χ3v) is 5.65. The molecule has 0 aliphatic carbocycles. The van der Waals surface area contributed by atoms with E-state index in [0.717, 1.165) is 5.56 Å². The fourth-order valence-electron chi connectivity index (χ4n) is 2.77. The maximum absolute atomic E-state index is 12.7. The topological polar surface area (TPSA) is 81.3 Å². The van der Waals surface area contributed by atoms with Crippen LogP contribution in [0.2, 0.25) is 0 Å². The zero-order valence-corrected chi connectivity index (χ0v) is 16.1. The maximum Gasteiger partial charge on any atom is 0.419 e. The molecule has 3 rings (SSSR count). The number of hydrogen-bond acceptors (Lipinski definition) is 4. The maximum atomic E-state index is 12.7. The summed E-state index contributed by atoms with van der Waals surface area (Å²) in [4.78, 5) is 11.8. The molecule has 2 aromatic carbocycles. The van der Waals surface area contributed by atoms with E-state index in [0.29, 0.717) is 17.7 Å². The number of sulfonamides is 1. The highest BCUT2D eigenvalue weighted by atomic mass is 32.2. The number of fused-ring (bicyclic) bond motifs is 1. The first-order valence-electron chi connectivity index (χ1n) is 8.38. The van der Waals surface area contributed by atoms with E-state index in [2.05, 4.69) is 25.5 Å². The molecule has 0 bridgehead atoms. The van der Waals surface area contributed by atoms with Gasteiger partial charge in [-0.25, -0.2) is 13.2 Å². The van der Waals surface area contributed by atoms with Crippen LogP contribution in [0, 0.1) is 0 Å². The van der Waals surface area contributed by atoms with Crippen LogP contribution in [0.4, 0.5) is 5.69 Å². The van der Waals surface area contributed by atoms with Gasteiger partial charge in [0.2, 0.25) is 0 Å². The fourth-order valence-corrected chi connectivity index (χ4v) is 3.84. The summed E-state index contributed by atoms with van der Waals surface area (Å²) in [6.45, 7) is 8.56. The molecule has 0 saturated carbocycles. The average Bonchev–Trinajstić information content (AvgIpc) is 2.88. The molecule has 26 heavy (non-hydrogen) atoms. The predicted molar refractivity (Wildman–Crippen MR) is 102 cm³/mol. The molecule has 0 fully saturated rings. The van der Waals surface area contributed by atoms with Crippen molar-refractivity contribution in [2.24, 2.45) is 0 Å². The molecule has 1 aromatic heterocycles. The summed E-state index contributed by atoms with van der Waals surface area (Å²) in [6, 6.07) is 11.7. The van der Waals surface area contributed by atoms with Crippen molar-refractivity contribution in [1.82, 2.24) is 4.57 Å². The van der Waals surface area contributed by atoms with E-state index in [4.69, 9.17) is 4.42 Å². The molecular weight excluding hydrogens is 352 g/mol. The highest BCUT2D eigenvalue weighted by Crippen LogP contribution is 2.25. The number of oxazole rings is 1. The molecule has 138 valence electrons. The van der Waals surface area contributed by atoms with Crippen molar-refractivity contribution in [2.45, 2.75) is 44.6 Å². The molecule has 7 heteroatoms. The van der Waals surface area contributed by atoms with Gasteiger partial charge in [-0.15, -0.1) is 0 Å². The third-order valence-electron chi connectivity index (χ3n) is 4.27. The van der Waals surface area contributed by atoms with Crippen LogP contribution in [0.15, 0.2) is 56.6 Å². The Bertz CT molecular complexity index is 1100. The number of aryl methyl sites for hydroxylation is 1. The number of anilines is 1. The normalized spacial score (nSPS) is 12.5. The van der Waals surface area contributed by atoms with Crippen LogP contribution in [-0.4, -0.2) is 13.0 Å². The molecule has 0 amide bonds. The molecule has 0 radical (unpaired) electrons. The van der Waals surface area contributed by atoms with E-state index < -0.39 is 15.8 Å². The zero-order chi connectivity index (χ0) is 19.1. The molecule has 0 unspecified atom stereocenters. The molecule has 1 N–H and O–H groups in total. The lowest BCUT2D eigenvalue weighted by Crippen LogP contribution is -2.14. The van der Waals surface area contributed by atoms with Gasteiger partial charge >= 0.3 is 5.76 Å². The molecule has 3 aromatic rings. The SMILES string of the molecule is CCn1c(=O)oc2cc(S(=O)(=O)Nc3ccc(C(C)(C)C)cc3)ccc21. The minimum atomic E-state index is -3.78. The Labute approximate surface area is 152 Å². The van der Waals surface area contributed by atoms with E-state index in [1.807, 2.05) is 19.1 Å². The molecule has 0 saturated heterocycles. The minimum Gasteiger partial charge on any atom is -0.408 e. The Morgan fingerprint density at radius 3 is 2.31 bits per heavy atom. The van der Waals surface area contributed by atoms with Crippen LogP contribution in [-0.2, 0) is 22.0 Å². The third kappa shape index (κ3) is 3.39. The first-order chi connectivity index (χ1) is 12.1. The molecule has 0 spiro atoms. The van der Waals surface area contributed by atoms with Crippen LogP contribution < -0.4 is 10.5 Å². The lowest BCUT2D eigenvalue weighted by atomic mass is 9.87. The van der Waals surface area contributed by atoms with Crippen LogP contribution in [0.25, 0.3) is 11.1 Å². The summed E-state index contributed by atoms with van der Waals surface area (Å²) in [5.74, 6) is -0.497. The summed E-state index contributed by atoms with van der Waals surface area (Å²) in [5, 5.41) is 0. The van der Waals surface area contributed by atoms with Crippen LogP contribution in [0.5, 0.6) is 0 Å². The number of aromatic nitrogens is 1. The van der Waals surface area contributed by atoms with Gasteiger partial charge in [-0.2, -0.15) is 0 Å². The Kier molecular flexibility index (Phi) is 4.44. The van der Waals surface area contributed by atoms with Crippen molar-refractivity contribution in [3.05, 3.63) is 58.6 Å². The van der Waals surface area contributed by atoms with E-state index in [1.54, 1.807) is 18.2 Å². The van der Waals surface area contributed by atoms with Gasteiger partial charge in [-0.1, -0.05) is 32.9 Å². The smallest absolute Gasteiger partial charge is 0.408 e. The van der Waals surface area contributed by atoms with Crippen molar-refractivity contribution in [3.8, 4) is 0 Å². The molecule has 1 heterocycles. The first kappa shape index (κ1) is 18.3. The van der Waals surface area contributed by atoms with Crippen molar-refractivity contribution in [2.75, 3.05) is 4.72 Å². The summed E-state index contributed by atoms with van der Waals surface area (Å²) in [7, 11) is -3.78. The standard InChI is InChI=1S/C19H22N2O4S/c1-5-21-16-11-10-15(12-17(16)25-18(21)22)26(23,24)20-14-8-6-13(7-9-14)19(2,3)4/h6-12,20H,5H2,1-4H3. The summed E-state index contributed by atoms with van der Waals surface area (Å²) in [6.07, 6.45) is 0.